The van der Waals surface area contributed by atoms with Crippen LogP contribution >= 0.6 is 0 Å². The van der Waals surface area contributed by atoms with Crippen molar-refractivity contribution in [2.45, 2.75) is 103 Å². The van der Waals surface area contributed by atoms with Gasteiger partial charge in [-0.1, -0.05) is 20.8 Å². The van der Waals surface area contributed by atoms with Gasteiger partial charge in [0, 0.05) is 5.41 Å². The molecule has 0 unspecified atom stereocenters. The van der Waals surface area contributed by atoms with Crippen LogP contribution in [0, 0.1) is 34.0 Å². The zero-order valence-corrected chi connectivity index (χ0v) is 16.9. The van der Waals surface area contributed by atoms with Gasteiger partial charge in [-0.2, -0.15) is 0 Å². The SMILES string of the molecule is C[C@@H](O)[C@@]1(O)CC[C@H]2[C@H]3CC[C@@]4(C)C[C@H](O)CC[C@]4(C)[C@@H]3[C@@H](O)C[C@@]21C. The van der Waals surface area contributed by atoms with Gasteiger partial charge in [0.15, 0.2) is 0 Å². The summed E-state index contributed by atoms with van der Waals surface area (Å²) in [4.78, 5) is 0. The van der Waals surface area contributed by atoms with Crippen LogP contribution in [0.5, 0.6) is 0 Å². The molecule has 0 radical (unpaired) electrons. The van der Waals surface area contributed by atoms with Gasteiger partial charge in [-0.05, 0) is 86.9 Å². The zero-order valence-electron chi connectivity index (χ0n) is 16.9. The van der Waals surface area contributed by atoms with Gasteiger partial charge >= 0.3 is 0 Å². The average molecular weight is 367 g/mol. The quantitative estimate of drug-likeness (QED) is 0.575. The maximum Gasteiger partial charge on any atom is 0.0959 e. The Bertz CT molecular complexity index is 578. The van der Waals surface area contributed by atoms with Gasteiger partial charge in [-0.25, -0.2) is 0 Å². The van der Waals surface area contributed by atoms with Crippen LogP contribution < -0.4 is 0 Å². The molecule has 0 aromatic heterocycles. The van der Waals surface area contributed by atoms with Gasteiger partial charge in [0.2, 0.25) is 0 Å². The van der Waals surface area contributed by atoms with Crippen molar-refractivity contribution in [1.82, 2.24) is 0 Å². The van der Waals surface area contributed by atoms with Gasteiger partial charge in [-0.3, -0.25) is 0 Å². The molecule has 4 N–H and O–H groups in total. The van der Waals surface area contributed by atoms with Gasteiger partial charge in [0.1, 0.15) is 0 Å². The molecule has 4 fully saturated rings. The molecule has 4 rings (SSSR count). The Hall–Kier alpha value is -0.160. The highest BCUT2D eigenvalue weighted by Gasteiger charge is 2.69. The lowest BCUT2D eigenvalue weighted by molar-refractivity contribution is -0.235. The highest BCUT2D eigenvalue weighted by Crippen LogP contribution is 2.71. The highest BCUT2D eigenvalue weighted by molar-refractivity contribution is 5.18. The Balaban J connectivity index is 1.72. The van der Waals surface area contributed by atoms with Crippen LogP contribution in [0.4, 0.5) is 0 Å². The number of rotatable bonds is 1. The lowest BCUT2D eigenvalue weighted by Gasteiger charge is -2.66. The molecular formula is C22H38O4. The first-order chi connectivity index (χ1) is 12.0. The minimum absolute atomic E-state index is 0.0431. The first kappa shape index (κ1) is 19.2. The maximum atomic E-state index is 11.4. The first-order valence-corrected chi connectivity index (χ1v) is 10.8. The van der Waals surface area contributed by atoms with Gasteiger partial charge in [-0.15, -0.1) is 0 Å². The average Bonchev–Trinajstić information content (AvgIpc) is 2.81. The Kier molecular flexibility index (Phi) is 4.19. The number of hydrogen-bond donors (Lipinski definition) is 4. The molecule has 26 heavy (non-hydrogen) atoms. The molecule has 0 aliphatic heterocycles. The maximum absolute atomic E-state index is 11.4. The minimum Gasteiger partial charge on any atom is -0.393 e. The molecule has 4 saturated carbocycles. The van der Waals surface area contributed by atoms with Gasteiger partial charge < -0.3 is 20.4 Å². The molecule has 4 aliphatic rings. The summed E-state index contributed by atoms with van der Waals surface area (Å²) >= 11 is 0. The number of aliphatic hydroxyl groups excluding tert-OH is 3. The van der Waals surface area contributed by atoms with E-state index >= 15 is 0 Å². The Morgan fingerprint density at radius 2 is 1.58 bits per heavy atom. The smallest absolute Gasteiger partial charge is 0.0959 e. The van der Waals surface area contributed by atoms with Crippen LogP contribution in [-0.4, -0.2) is 44.3 Å². The van der Waals surface area contributed by atoms with E-state index in [9.17, 15) is 20.4 Å². The molecule has 0 saturated heterocycles. The van der Waals surface area contributed by atoms with E-state index in [0.29, 0.717) is 24.7 Å². The standard InChI is InChI=1S/C22H38O4/c1-13(23)22(26)10-7-16-15-6-8-19(2)11-14(24)5-9-20(19,3)18(15)17(25)12-21(16,22)4/h13-18,23-26H,5-12H2,1-4H3/t13-,14-,15-,16+,17+,18+,19+,20-,21+,22+/m1/s1. The third-order valence-corrected chi connectivity index (χ3v) is 10.2. The van der Waals surface area contributed by atoms with Crippen molar-refractivity contribution in [2.24, 2.45) is 34.0 Å². The molecule has 0 aromatic rings. The molecule has 4 nitrogen and oxygen atoms in total. The second kappa shape index (κ2) is 5.68. The third-order valence-electron chi connectivity index (χ3n) is 10.2. The Labute approximate surface area is 158 Å². The van der Waals surface area contributed by atoms with E-state index in [2.05, 4.69) is 20.8 Å². The Morgan fingerprint density at radius 1 is 0.885 bits per heavy atom. The fourth-order valence-electron chi connectivity index (χ4n) is 8.44. The fourth-order valence-corrected chi connectivity index (χ4v) is 8.44. The van der Waals surface area contributed by atoms with Crippen molar-refractivity contribution in [1.29, 1.82) is 0 Å². The van der Waals surface area contributed by atoms with E-state index in [4.69, 9.17) is 0 Å². The van der Waals surface area contributed by atoms with Crippen LogP contribution in [0.25, 0.3) is 0 Å². The van der Waals surface area contributed by atoms with E-state index in [1.54, 1.807) is 6.92 Å². The first-order valence-electron chi connectivity index (χ1n) is 10.8. The lowest BCUT2D eigenvalue weighted by Crippen LogP contribution is -2.65. The number of hydrogen-bond acceptors (Lipinski definition) is 4. The summed E-state index contributed by atoms with van der Waals surface area (Å²) in [5.74, 6) is 1.01. The van der Waals surface area contributed by atoms with E-state index in [1.165, 1.54) is 0 Å². The minimum atomic E-state index is -1.09. The summed E-state index contributed by atoms with van der Waals surface area (Å²) in [5, 5.41) is 43.3. The van der Waals surface area contributed by atoms with Crippen LogP contribution in [-0.2, 0) is 0 Å². The molecule has 0 aromatic carbocycles. The summed E-state index contributed by atoms with van der Waals surface area (Å²) in [6.45, 7) is 8.50. The van der Waals surface area contributed by atoms with Crippen molar-refractivity contribution in [2.75, 3.05) is 0 Å². The normalized spacial score (nSPS) is 60.7. The monoisotopic (exact) mass is 366 g/mol. The predicted molar refractivity (Wildman–Crippen MR) is 100 cm³/mol. The number of aliphatic hydroxyl groups is 4. The highest BCUT2D eigenvalue weighted by atomic mass is 16.3. The third kappa shape index (κ3) is 2.16. The van der Waals surface area contributed by atoms with Crippen molar-refractivity contribution in [3.05, 3.63) is 0 Å². The fraction of sp³-hybridized carbons (Fsp3) is 1.00. The molecule has 0 bridgehead atoms. The number of fused-ring (bicyclic) bond motifs is 5. The topological polar surface area (TPSA) is 80.9 Å². The summed E-state index contributed by atoms with van der Waals surface area (Å²) in [6.07, 6.45) is 5.56. The van der Waals surface area contributed by atoms with E-state index in [1.807, 2.05) is 0 Å². The molecule has 4 aliphatic carbocycles. The summed E-state index contributed by atoms with van der Waals surface area (Å²) in [6, 6.07) is 0. The predicted octanol–water partition coefficient (Wildman–Crippen LogP) is 2.86. The summed E-state index contributed by atoms with van der Waals surface area (Å²) in [5.41, 5.74) is -1.38. The second-order valence-corrected chi connectivity index (χ2v) is 11.0. The van der Waals surface area contributed by atoms with Gasteiger partial charge in [0.25, 0.3) is 0 Å². The Morgan fingerprint density at radius 3 is 2.23 bits per heavy atom. The summed E-state index contributed by atoms with van der Waals surface area (Å²) < 4.78 is 0. The molecule has 4 heteroatoms. The largest absolute Gasteiger partial charge is 0.393 e. The van der Waals surface area contributed by atoms with E-state index in [-0.39, 0.29) is 22.9 Å². The van der Waals surface area contributed by atoms with E-state index < -0.39 is 23.2 Å². The molecule has 10 atom stereocenters. The van der Waals surface area contributed by atoms with Crippen molar-refractivity contribution < 1.29 is 20.4 Å². The van der Waals surface area contributed by atoms with Crippen LogP contribution in [0.2, 0.25) is 0 Å². The lowest BCUT2D eigenvalue weighted by atomic mass is 9.39. The van der Waals surface area contributed by atoms with Crippen molar-refractivity contribution in [3.63, 3.8) is 0 Å². The molecule has 150 valence electrons. The molecule has 0 heterocycles. The van der Waals surface area contributed by atoms with Gasteiger partial charge in [0.05, 0.1) is 23.9 Å². The molecule has 0 amide bonds. The van der Waals surface area contributed by atoms with Crippen molar-refractivity contribution in [3.8, 4) is 0 Å². The van der Waals surface area contributed by atoms with Crippen LogP contribution in [0.15, 0.2) is 0 Å². The van der Waals surface area contributed by atoms with Crippen molar-refractivity contribution >= 4 is 0 Å². The van der Waals surface area contributed by atoms with Crippen LogP contribution in [0.3, 0.4) is 0 Å². The summed E-state index contributed by atoms with van der Waals surface area (Å²) in [7, 11) is 0. The second-order valence-electron chi connectivity index (χ2n) is 11.0. The molecular weight excluding hydrogens is 328 g/mol. The zero-order chi connectivity index (χ0) is 19.1. The van der Waals surface area contributed by atoms with E-state index in [0.717, 1.165) is 38.5 Å². The van der Waals surface area contributed by atoms with Crippen LogP contribution in [0.1, 0.15) is 79.1 Å². The molecule has 0 spiro atoms.